The average Bonchev–Trinajstić information content (AvgIpc) is 2.42. The smallest absolute Gasteiger partial charge is 0.259 e. The third-order valence-corrected chi connectivity index (χ3v) is 4.42. The van der Waals surface area contributed by atoms with Crippen molar-refractivity contribution in [2.75, 3.05) is 18.2 Å². The number of benzene rings is 2. The maximum Gasteiger partial charge on any atom is 0.259 e. The Morgan fingerprint density at radius 2 is 1.76 bits per heavy atom. The maximum atomic E-state index is 12.4. The minimum absolute atomic E-state index is 0.303. The maximum absolute atomic E-state index is 12.4. The van der Waals surface area contributed by atoms with Crippen LogP contribution in [0.5, 0.6) is 5.75 Å². The number of ether oxygens (including phenoxy) is 1. The Balaban J connectivity index is 2.37. The highest BCUT2D eigenvalue weighted by Gasteiger charge is 2.16. The van der Waals surface area contributed by atoms with Crippen molar-refractivity contribution in [3.05, 3.63) is 49.3 Å². The van der Waals surface area contributed by atoms with Crippen molar-refractivity contribution in [1.82, 2.24) is 0 Å². The SMILES string of the molecule is COc1ccc(N)cc1C(=O)Nc1c(Br)cc(Br)cc1Br. The summed E-state index contributed by atoms with van der Waals surface area (Å²) in [6.45, 7) is 0. The second-order valence-corrected chi connectivity index (χ2v) is 6.78. The van der Waals surface area contributed by atoms with Gasteiger partial charge in [0.15, 0.2) is 0 Å². The molecular formula is C14H11Br3N2O2. The van der Waals surface area contributed by atoms with E-state index in [1.807, 2.05) is 12.1 Å². The van der Waals surface area contributed by atoms with Crippen LogP contribution in [0, 0.1) is 0 Å². The molecule has 4 nitrogen and oxygen atoms in total. The van der Waals surface area contributed by atoms with E-state index in [-0.39, 0.29) is 5.91 Å². The predicted octanol–water partition coefficient (Wildman–Crippen LogP) is 4.82. The molecule has 0 fully saturated rings. The number of methoxy groups -OCH3 is 1. The summed E-state index contributed by atoms with van der Waals surface area (Å²) in [6, 6.07) is 8.61. The molecule has 2 rings (SSSR count). The Bertz CT molecular complexity index is 682. The lowest BCUT2D eigenvalue weighted by atomic mass is 10.1. The molecule has 0 aliphatic rings. The van der Waals surface area contributed by atoms with E-state index in [0.29, 0.717) is 22.7 Å². The molecule has 2 aromatic rings. The van der Waals surface area contributed by atoms with Gasteiger partial charge in [0.05, 0.1) is 18.4 Å². The second-order valence-electron chi connectivity index (χ2n) is 4.16. The fourth-order valence-corrected chi connectivity index (χ4v) is 4.20. The van der Waals surface area contributed by atoms with Gasteiger partial charge >= 0.3 is 0 Å². The average molecular weight is 479 g/mol. The minimum Gasteiger partial charge on any atom is -0.496 e. The molecule has 2 aromatic carbocycles. The van der Waals surface area contributed by atoms with Crippen LogP contribution in [-0.4, -0.2) is 13.0 Å². The topological polar surface area (TPSA) is 64.3 Å². The Labute approximate surface area is 147 Å². The number of rotatable bonds is 3. The molecule has 1 amide bonds. The fraction of sp³-hybridized carbons (Fsp3) is 0.0714. The van der Waals surface area contributed by atoms with Crippen LogP contribution in [-0.2, 0) is 0 Å². The van der Waals surface area contributed by atoms with Crippen LogP contribution in [0.15, 0.2) is 43.7 Å². The molecule has 0 unspecified atom stereocenters. The number of hydrogen-bond donors (Lipinski definition) is 2. The first-order chi connectivity index (χ1) is 9.92. The summed E-state index contributed by atoms with van der Waals surface area (Å²) in [4.78, 5) is 12.4. The molecule has 7 heteroatoms. The molecule has 0 aromatic heterocycles. The summed E-state index contributed by atoms with van der Waals surface area (Å²) in [5.74, 6) is 0.161. The first-order valence-corrected chi connectivity index (χ1v) is 8.19. The summed E-state index contributed by atoms with van der Waals surface area (Å²) in [7, 11) is 1.51. The van der Waals surface area contributed by atoms with Crippen LogP contribution in [0.1, 0.15) is 10.4 Å². The van der Waals surface area contributed by atoms with Crippen LogP contribution >= 0.6 is 47.8 Å². The largest absolute Gasteiger partial charge is 0.496 e. The highest BCUT2D eigenvalue weighted by atomic mass is 79.9. The normalized spacial score (nSPS) is 10.3. The fourth-order valence-electron chi connectivity index (χ4n) is 1.75. The molecule has 110 valence electrons. The molecule has 0 aliphatic heterocycles. The van der Waals surface area contributed by atoms with Crippen molar-refractivity contribution < 1.29 is 9.53 Å². The van der Waals surface area contributed by atoms with Gasteiger partial charge in [-0.1, -0.05) is 15.9 Å². The van der Waals surface area contributed by atoms with Crippen LogP contribution in [0.25, 0.3) is 0 Å². The van der Waals surface area contributed by atoms with Crippen molar-refractivity contribution in [3.63, 3.8) is 0 Å². The molecule has 0 radical (unpaired) electrons. The second kappa shape index (κ2) is 6.81. The van der Waals surface area contributed by atoms with Gasteiger partial charge in [-0.3, -0.25) is 4.79 Å². The highest BCUT2D eigenvalue weighted by molar-refractivity contribution is 9.11. The van der Waals surface area contributed by atoms with E-state index in [1.165, 1.54) is 7.11 Å². The zero-order chi connectivity index (χ0) is 15.6. The summed E-state index contributed by atoms with van der Waals surface area (Å²) in [5, 5.41) is 2.83. The standard InChI is InChI=1S/C14H11Br3N2O2/c1-21-12-3-2-8(18)6-9(12)14(20)19-13-10(16)4-7(15)5-11(13)17/h2-6H,18H2,1H3,(H,19,20). The predicted molar refractivity (Wildman–Crippen MR) is 94.9 cm³/mol. The van der Waals surface area contributed by atoms with Crippen molar-refractivity contribution in [1.29, 1.82) is 0 Å². The van der Waals surface area contributed by atoms with Crippen molar-refractivity contribution >= 4 is 65.1 Å². The number of nitrogens with one attached hydrogen (secondary N) is 1. The number of hydrogen-bond acceptors (Lipinski definition) is 3. The van der Waals surface area contributed by atoms with E-state index < -0.39 is 0 Å². The monoisotopic (exact) mass is 476 g/mol. The molecule has 0 atom stereocenters. The van der Waals surface area contributed by atoms with Gasteiger partial charge in [-0.25, -0.2) is 0 Å². The van der Waals surface area contributed by atoms with Crippen LogP contribution in [0.4, 0.5) is 11.4 Å². The van der Waals surface area contributed by atoms with Gasteiger partial charge in [-0.2, -0.15) is 0 Å². The highest BCUT2D eigenvalue weighted by Crippen LogP contribution is 2.35. The van der Waals surface area contributed by atoms with E-state index >= 15 is 0 Å². The Morgan fingerprint density at radius 3 is 2.33 bits per heavy atom. The summed E-state index contributed by atoms with van der Waals surface area (Å²) >= 11 is 10.2. The van der Waals surface area contributed by atoms with Crippen LogP contribution < -0.4 is 15.8 Å². The third-order valence-electron chi connectivity index (χ3n) is 2.71. The quantitative estimate of drug-likeness (QED) is 0.622. The Kier molecular flexibility index (Phi) is 5.29. The van der Waals surface area contributed by atoms with Gasteiger partial charge < -0.3 is 15.8 Å². The zero-order valence-corrected chi connectivity index (χ0v) is 15.7. The van der Waals surface area contributed by atoms with E-state index in [1.54, 1.807) is 18.2 Å². The number of carbonyl (C=O) groups is 1. The first-order valence-electron chi connectivity index (χ1n) is 5.81. The number of halogens is 3. The van der Waals surface area contributed by atoms with Gasteiger partial charge in [-0.05, 0) is 62.2 Å². The van der Waals surface area contributed by atoms with E-state index in [9.17, 15) is 4.79 Å². The van der Waals surface area contributed by atoms with Crippen molar-refractivity contribution in [3.8, 4) is 5.75 Å². The van der Waals surface area contributed by atoms with E-state index in [4.69, 9.17) is 10.5 Å². The molecule has 3 N–H and O–H groups in total. The molecule has 21 heavy (non-hydrogen) atoms. The van der Waals surface area contributed by atoms with Gasteiger partial charge in [0, 0.05) is 19.1 Å². The zero-order valence-electron chi connectivity index (χ0n) is 10.9. The molecule has 0 heterocycles. The van der Waals surface area contributed by atoms with Crippen molar-refractivity contribution in [2.24, 2.45) is 0 Å². The molecule has 0 spiro atoms. The molecule has 0 saturated carbocycles. The molecule has 0 saturated heterocycles. The van der Waals surface area contributed by atoms with E-state index in [2.05, 4.69) is 53.1 Å². The number of amides is 1. The lowest BCUT2D eigenvalue weighted by Crippen LogP contribution is -2.14. The van der Waals surface area contributed by atoms with Crippen LogP contribution in [0.3, 0.4) is 0 Å². The van der Waals surface area contributed by atoms with Crippen molar-refractivity contribution in [2.45, 2.75) is 0 Å². The number of anilines is 2. The van der Waals surface area contributed by atoms with Gasteiger partial charge in [0.2, 0.25) is 0 Å². The lowest BCUT2D eigenvalue weighted by molar-refractivity contribution is 0.102. The molecule has 0 bridgehead atoms. The Morgan fingerprint density at radius 1 is 1.14 bits per heavy atom. The lowest BCUT2D eigenvalue weighted by Gasteiger charge is -2.13. The number of nitrogen functional groups attached to an aromatic ring is 1. The third kappa shape index (κ3) is 3.78. The summed E-state index contributed by atoms with van der Waals surface area (Å²) < 4.78 is 7.58. The number of carbonyl (C=O) groups excluding carboxylic acids is 1. The summed E-state index contributed by atoms with van der Waals surface area (Å²) in [5.41, 5.74) is 7.23. The minimum atomic E-state index is -0.303. The first kappa shape index (κ1) is 16.3. The van der Waals surface area contributed by atoms with Crippen LogP contribution in [0.2, 0.25) is 0 Å². The van der Waals surface area contributed by atoms with Gasteiger partial charge in [0.1, 0.15) is 5.75 Å². The Hall–Kier alpha value is -1.05. The molecule has 0 aliphatic carbocycles. The van der Waals surface area contributed by atoms with E-state index in [0.717, 1.165) is 13.4 Å². The van der Waals surface area contributed by atoms with Gasteiger partial charge in [0.25, 0.3) is 5.91 Å². The summed E-state index contributed by atoms with van der Waals surface area (Å²) in [6.07, 6.45) is 0. The number of nitrogens with two attached hydrogens (primary N) is 1. The molecular weight excluding hydrogens is 468 g/mol. The van der Waals surface area contributed by atoms with Gasteiger partial charge in [-0.15, -0.1) is 0 Å².